The number of nitrogens with one attached hydrogen (secondary N) is 1. The number of fused-ring (bicyclic) bond motifs is 2. The summed E-state index contributed by atoms with van der Waals surface area (Å²) >= 11 is 1.51. The Morgan fingerprint density at radius 2 is 1.47 bits per heavy atom. The largest absolute Gasteiger partial charge is 0.465 e. The molecule has 1 N–H and O–H groups in total. The number of hydrogen-bond acceptors (Lipinski definition) is 9. The second-order valence-electron chi connectivity index (χ2n) is 12.9. The zero-order valence-electron chi connectivity index (χ0n) is 27.9. The first-order valence-corrected chi connectivity index (χ1v) is 17.6. The summed E-state index contributed by atoms with van der Waals surface area (Å²) in [6, 6.07) is 13.1. The maximum atomic E-state index is 13.9. The van der Waals surface area contributed by atoms with Crippen LogP contribution in [-0.2, 0) is 23.9 Å². The second kappa shape index (κ2) is 16.9. The molecule has 0 saturated heterocycles. The Bertz CT molecular complexity index is 1400. The van der Waals surface area contributed by atoms with Crippen LogP contribution in [0, 0.1) is 0 Å². The summed E-state index contributed by atoms with van der Waals surface area (Å²) in [6.45, 7) is 7.56. The number of amides is 3. The van der Waals surface area contributed by atoms with Crippen molar-refractivity contribution < 1.29 is 33.4 Å². The average molecular weight is 666 g/mol. The molecule has 0 saturated carbocycles. The van der Waals surface area contributed by atoms with Gasteiger partial charge < -0.3 is 9.47 Å². The van der Waals surface area contributed by atoms with Gasteiger partial charge in [-0.15, -0.1) is 11.8 Å². The van der Waals surface area contributed by atoms with Crippen LogP contribution in [0.4, 0.5) is 5.69 Å². The third-order valence-corrected chi connectivity index (χ3v) is 9.22. The fourth-order valence-corrected chi connectivity index (χ4v) is 6.92. The van der Waals surface area contributed by atoms with Crippen LogP contribution in [0.5, 0.6) is 0 Å². The minimum Gasteiger partial charge on any atom is -0.465 e. The van der Waals surface area contributed by atoms with E-state index in [4.69, 9.17) is 9.47 Å². The minimum absolute atomic E-state index is 0.209. The molecule has 2 atom stereocenters. The predicted molar refractivity (Wildman–Crippen MR) is 181 cm³/mol. The number of thioether (sulfide) groups is 1. The molecule has 2 aromatic carbocycles. The van der Waals surface area contributed by atoms with Crippen molar-refractivity contribution in [2.75, 3.05) is 30.3 Å². The molecule has 0 aromatic heterocycles. The molecule has 0 radical (unpaired) electrons. The number of benzene rings is 2. The normalized spacial score (nSPS) is 16.9. The predicted octanol–water partition coefficient (Wildman–Crippen LogP) is 5.77. The molecule has 47 heavy (non-hydrogen) atoms. The van der Waals surface area contributed by atoms with Crippen molar-refractivity contribution >= 4 is 47.1 Å². The molecule has 4 rings (SSSR count). The van der Waals surface area contributed by atoms with E-state index in [9.17, 15) is 24.0 Å². The van der Waals surface area contributed by atoms with E-state index in [1.807, 2.05) is 24.3 Å². The third-order valence-electron chi connectivity index (χ3n) is 8.06. The monoisotopic (exact) mass is 665 g/mol. The van der Waals surface area contributed by atoms with Crippen molar-refractivity contribution in [2.45, 2.75) is 102 Å². The van der Waals surface area contributed by atoms with Crippen molar-refractivity contribution in [3.8, 4) is 0 Å². The van der Waals surface area contributed by atoms with Gasteiger partial charge in [0.05, 0.1) is 29.5 Å². The first-order chi connectivity index (χ1) is 22.5. The number of ether oxygens (including phenoxy) is 2. The molecule has 0 bridgehead atoms. The van der Waals surface area contributed by atoms with Crippen molar-refractivity contribution in [2.24, 2.45) is 0 Å². The van der Waals surface area contributed by atoms with Crippen molar-refractivity contribution in [3.05, 3.63) is 59.7 Å². The van der Waals surface area contributed by atoms with Gasteiger partial charge in [0.1, 0.15) is 18.2 Å². The zero-order valence-corrected chi connectivity index (χ0v) is 28.7. The summed E-state index contributed by atoms with van der Waals surface area (Å²) in [4.78, 5) is 68.4. The molecule has 2 aliphatic rings. The van der Waals surface area contributed by atoms with Crippen molar-refractivity contribution in [1.82, 2.24) is 10.2 Å². The maximum Gasteiger partial charge on any atom is 0.326 e. The average Bonchev–Trinajstić information content (AvgIpc) is 3.19. The number of unbranched alkanes of at least 4 members (excludes halogenated alkanes) is 6. The number of esters is 2. The van der Waals surface area contributed by atoms with Gasteiger partial charge in [0, 0.05) is 17.2 Å². The van der Waals surface area contributed by atoms with Crippen LogP contribution < -0.4 is 10.2 Å². The van der Waals surface area contributed by atoms with E-state index in [1.165, 1.54) is 21.6 Å². The lowest BCUT2D eigenvalue weighted by molar-refractivity contribution is -0.154. The Balaban J connectivity index is 1.24. The SMILES string of the molecule is CCOC(=O)[C@@H](CCCCCCCCCN1C(=O)c2ccccc2C1=O)NC1CSc2ccccc2N(CC(=O)OC(C)(C)C)C1=O. The molecule has 0 aliphatic carbocycles. The lowest BCUT2D eigenvalue weighted by atomic mass is 10.0. The fourth-order valence-electron chi connectivity index (χ4n) is 5.84. The highest BCUT2D eigenvalue weighted by Gasteiger charge is 2.36. The van der Waals surface area contributed by atoms with E-state index in [0.717, 1.165) is 49.8 Å². The molecular formula is C36H47N3O7S. The van der Waals surface area contributed by atoms with Gasteiger partial charge in [0.2, 0.25) is 5.91 Å². The van der Waals surface area contributed by atoms with Gasteiger partial charge in [-0.3, -0.25) is 39.1 Å². The standard InChI is InChI=1S/C36H47N3O7S/c1-5-45-35(44)27(19-11-9-7-6-8-10-16-22-38-32(41)25-17-12-13-18-26(25)33(38)42)37-28-24-47-30-21-15-14-20-29(30)39(34(28)43)23-31(40)46-36(2,3)4/h12-15,17-18,20-21,27-28,37H,5-11,16,19,22-24H2,1-4H3/t27-,28?/m1/s1. The van der Waals surface area contributed by atoms with Gasteiger partial charge in [0.25, 0.3) is 11.8 Å². The molecule has 0 spiro atoms. The lowest BCUT2D eigenvalue weighted by Gasteiger charge is -2.28. The number of carbonyl (C=O) groups excluding carboxylic acids is 5. The fraction of sp³-hybridized carbons (Fsp3) is 0.528. The number of rotatable bonds is 16. The van der Waals surface area contributed by atoms with Gasteiger partial charge >= 0.3 is 11.9 Å². The van der Waals surface area contributed by atoms with E-state index < -0.39 is 23.7 Å². The van der Waals surface area contributed by atoms with E-state index in [-0.39, 0.29) is 36.8 Å². The van der Waals surface area contributed by atoms with E-state index in [1.54, 1.807) is 52.0 Å². The van der Waals surface area contributed by atoms with E-state index in [0.29, 0.717) is 35.5 Å². The van der Waals surface area contributed by atoms with Crippen LogP contribution in [0.15, 0.2) is 53.4 Å². The van der Waals surface area contributed by atoms with E-state index >= 15 is 0 Å². The molecule has 10 nitrogen and oxygen atoms in total. The Morgan fingerprint density at radius 1 is 0.872 bits per heavy atom. The number of hydrogen-bond donors (Lipinski definition) is 1. The molecule has 2 aromatic rings. The van der Waals surface area contributed by atoms with Crippen molar-refractivity contribution in [1.29, 1.82) is 0 Å². The highest BCUT2D eigenvalue weighted by atomic mass is 32.2. The quantitative estimate of drug-likeness (QED) is 0.135. The Kier molecular flexibility index (Phi) is 13.0. The number of nitrogens with zero attached hydrogens (tertiary/aromatic N) is 2. The second-order valence-corrected chi connectivity index (χ2v) is 13.9. The Morgan fingerprint density at radius 3 is 2.11 bits per heavy atom. The summed E-state index contributed by atoms with van der Waals surface area (Å²) in [6.07, 6.45) is 6.89. The molecule has 1 unspecified atom stereocenters. The Hall–Kier alpha value is -3.70. The summed E-state index contributed by atoms with van der Waals surface area (Å²) in [5, 5.41) is 3.28. The molecular weight excluding hydrogens is 618 g/mol. The molecule has 2 heterocycles. The minimum atomic E-state index is -0.702. The van der Waals surface area contributed by atoms with Gasteiger partial charge in [-0.1, -0.05) is 62.8 Å². The highest BCUT2D eigenvalue weighted by molar-refractivity contribution is 7.99. The van der Waals surface area contributed by atoms with Crippen LogP contribution in [0.25, 0.3) is 0 Å². The van der Waals surface area contributed by atoms with Crippen LogP contribution >= 0.6 is 11.8 Å². The number of anilines is 1. The van der Waals surface area contributed by atoms with Crippen LogP contribution in [0.1, 0.15) is 99.8 Å². The first-order valence-electron chi connectivity index (χ1n) is 16.6. The lowest BCUT2D eigenvalue weighted by Crippen LogP contribution is -2.54. The molecule has 3 amide bonds. The third kappa shape index (κ3) is 9.90. The van der Waals surface area contributed by atoms with Crippen LogP contribution in [-0.4, -0.2) is 77.7 Å². The van der Waals surface area contributed by atoms with Gasteiger partial charge in [-0.25, -0.2) is 0 Å². The van der Waals surface area contributed by atoms with Crippen LogP contribution in [0.3, 0.4) is 0 Å². The van der Waals surface area contributed by atoms with Crippen LogP contribution in [0.2, 0.25) is 0 Å². The maximum absolute atomic E-state index is 13.9. The molecule has 0 fully saturated rings. The smallest absolute Gasteiger partial charge is 0.326 e. The zero-order chi connectivity index (χ0) is 34.0. The number of para-hydroxylation sites is 1. The topological polar surface area (TPSA) is 122 Å². The summed E-state index contributed by atoms with van der Waals surface area (Å²) < 4.78 is 10.9. The van der Waals surface area contributed by atoms with Gasteiger partial charge in [-0.2, -0.15) is 0 Å². The summed E-state index contributed by atoms with van der Waals surface area (Å²) in [7, 11) is 0. The number of carbonyl (C=O) groups is 5. The molecule has 11 heteroatoms. The highest BCUT2D eigenvalue weighted by Crippen LogP contribution is 2.34. The summed E-state index contributed by atoms with van der Waals surface area (Å²) in [5.74, 6) is -1.20. The summed E-state index contributed by atoms with van der Waals surface area (Å²) in [5.41, 5.74) is 0.931. The molecule has 254 valence electrons. The van der Waals surface area contributed by atoms with Gasteiger partial charge in [0.15, 0.2) is 0 Å². The Labute approximate surface area is 281 Å². The number of imide groups is 1. The first kappa shape index (κ1) is 36.1. The van der Waals surface area contributed by atoms with E-state index in [2.05, 4.69) is 5.32 Å². The van der Waals surface area contributed by atoms with Crippen molar-refractivity contribution in [3.63, 3.8) is 0 Å². The van der Waals surface area contributed by atoms with Gasteiger partial charge in [-0.05, 0) is 64.8 Å². The molecule has 2 aliphatic heterocycles.